The van der Waals surface area contributed by atoms with Crippen LogP contribution in [0.2, 0.25) is 0 Å². The van der Waals surface area contributed by atoms with E-state index < -0.39 is 101 Å². The number of rotatable bonds is 4. The van der Waals surface area contributed by atoms with Crippen LogP contribution in [0.15, 0.2) is 188 Å². The Bertz CT molecular complexity index is 3520. The molecule has 0 N–H and O–H groups in total. The van der Waals surface area contributed by atoms with E-state index in [2.05, 4.69) is 26.0 Å². The molecule has 1 spiro atoms. The van der Waals surface area contributed by atoms with E-state index in [4.69, 9.17) is 8.22 Å². The summed E-state index contributed by atoms with van der Waals surface area (Å²) >= 11 is 0. The molecule has 0 aromatic heterocycles. The zero-order valence-electron chi connectivity index (χ0n) is 43.7. The van der Waals surface area contributed by atoms with E-state index in [-0.39, 0.29) is 50.2 Å². The van der Waals surface area contributed by atoms with Crippen LogP contribution < -0.4 is 4.90 Å². The summed E-state index contributed by atoms with van der Waals surface area (Å²) in [5.41, 5.74) is 0.805. The van der Waals surface area contributed by atoms with Gasteiger partial charge in [-0.1, -0.05) is 171 Å². The van der Waals surface area contributed by atoms with Crippen LogP contribution in [0.4, 0.5) is 17.1 Å². The maximum absolute atomic E-state index is 10.7. The number of para-hydroxylation sites is 1. The van der Waals surface area contributed by atoms with Gasteiger partial charge in [-0.15, -0.1) is 0 Å². The zero-order valence-corrected chi connectivity index (χ0v) is 28.7. The van der Waals surface area contributed by atoms with Gasteiger partial charge in [-0.25, -0.2) is 0 Å². The van der Waals surface area contributed by atoms with Crippen molar-refractivity contribution >= 4 is 17.1 Å². The Labute approximate surface area is 332 Å². The Hall–Kier alpha value is -6.44. The fraction of sp³-hybridized carbons (Fsp3) is 0.0769. The van der Waals surface area contributed by atoms with Gasteiger partial charge < -0.3 is 4.90 Å². The van der Waals surface area contributed by atoms with Gasteiger partial charge in [0.05, 0.1) is 31.7 Å². The molecule has 0 fully saturated rings. The van der Waals surface area contributed by atoms with Crippen LogP contribution in [0, 0.1) is 0 Å². The predicted octanol–water partition coefficient (Wildman–Crippen LogP) is 13.5. The Morgan fingerprint density at radius 2 is 0.962 bits per heavy atom. The molecular weight excluding hydrogens is 639 g/mol. The Balaban J connectivity index is 1.36. The number of benzene rings is 8. The van der Waals surface area contributed by atoms with Gasteiger partial charge in [-0.2, -0.15) is 0 Å². The fourth-order valence-corrected chi connectivity index (χ4v) is 8.82. The van der Waals surface area contributed by atoms with Gasteiger partial charge >= 0.3 is 0 Å². The van der Waals surface area contributed by atoms with Gasteiger partial charge in [0.1, 0.15) is 0 Å². The maximum Gasteiger partial charge on any atom is 0.0726 e. The van der Waals surface area contributed by atoms with Gasteiger partial charge in [0, 0.05) is 22.4 Å². The lowest BCUT2D eigenvalue weighted by atomic mass is 9.70. The van der Waals surface area contributed by atoms with Crippen molar-refractivity contribution in [2.75, 3.05) is 4.90 Å². The SMILES string of the molecule is [2H]c1c([2H])c([2H])c2c(c1[2H])-c1c([2H])c([2H])c([2H])c([2H])c1C21c2c([2H])c([2H])c([2H])c([2H])c2-c2c([2H])c([2H])c(N(c3ccc4c(c3)C(C)(C)c3ccccc3-4)c3ccccc3-c3ccccc3)c([2H])c21. The Morgan fingerprint density at radius 1 is 0.415 bits per heavy atom. The highest BCUT2D eigenvalue weighted by atomic mass is 15.1. The number of nitrogens with zero attached hydrogens (tertiary/aromatic N) is 1. The van der Waals surface area contributed by atoms with Gasteiger partial charge in [0.25, 0.3) is 0 Å². The van der Waals surface area contributed by atoms with Crippen LogP contribution in [0.3, 0.4) is 0 Å². The summed E-state index contributed by atoms with van der Waals surface area (Å²) in [5.74, 6) is 0. The molecule has 8 aromatic rings. The minimum absolute atomic E-state index is 0.176. The van der Waals surface area contributed by atoms with E-state index in [9.17, 15) is 12.3 Å². The highest BCUT2D eigenvalue weighted by Gasteiger charge is 2.51. The van der Waals surface area contributed by atoms with Crippen molar-refractivity contribution in [2.24, 2.45) is 0 Å². The van der Waals surface area contributed by atoms with Crippen molar-refractivity contribution in [3.8, 4) is 44.5 Å². The zero-order chi connectivity index (χ0) is 48.4. The molecule has 0 bridgehead atoms. The van der Waals surface area contributed by atoms with Gasteiger partial charge in [-0.3, -0.25) is 0 Å². The van der Waals surface area contributed by atoms with E-state index in [0.717, 1.165) is 27.8 Å². The van der Waals surface area contributed by atoms with Crippen LogP contribution in [0.1, 0.15) is 67.8 Å². The molecule has 1 nitrogen and oxygen atoms in total. The van der Waals surface area contributed by atoms with Crippen molar-refractivity contribution in [1.82, 2.24) is 0 Å². The van der Waals surface area contributed by atoms with Gasteiger partial charge in [0.2, 0.25) is 0 Å². The third-order valence-corrected chi connectivity index (χ3v) is 11.1. The van der Waals surface area contributed by atoms with Crippen LogP contribution in [-0.4, -0.2) is 0 Å². The van der Waals surface area contributed by atoms with Gasteiger partial charge in [0.15, 0.2) is 0 Å². The van der Waals surface area contributed by atoms with Crippen molar-refractivity contribution in [3.05, 3.63) is 221 Å². The summed E-state index contributed by atoms with van der Waals surface area (Å²) in [4.78, 5) is 1.70. The standard InChI is InChI=1S/C52H37N/c1-51(2)44-23-11-6-19-38(44)42-30-28-35(32-48(42)51)53(50-27-15-10-18-37(50)34-16-4-3-5-17-34)36-29-31-43-41-22-9-14-26-47(41)52(49(43)33-36)45-24-12-7-20-39(45)40-21-8-13-25-46(40)52/h3-33H,1-2H3/i7D,8D,9D,12D,13D,14D,20D,21D,22D,24D,25D,26D,29D,31D,33D. The lowest BCUT2D eigenvalue weighted by Gasteiger charge is -2.33. The first-order valence-electron chi connectivity index (χ1n) is 25.0. The quantitative estimate of drug-likeness (QED) is 0.178. The summed E-state index contributed by atoms with van der Waals surface area (Å²) in [5, 5.41) is 0. The lowest BCUT2D eigenvalue weighted by molar-refractivity contribution is 0.660. The van der Waals surface area contributed by atoms with E-state index in [1.54, 1.807) is 4.90 Å². The third kappa shape index (κ3) is 4.02. The first-order valence-corrected chi connectivity index (χ1v) is 17.5. The van der Waals surface area contributed by atoms with E-state index in [1.165, 1.54) is 0 Å². The topological polar surface area (TPSA) is 3.24 Å². The minimum Gasteiger partial charge on any atom is -0.310 e. The summed E-state index contributed by atoms with van der Waals surface area (Å²) in [6.07, 6.45) is 0. The molecule has 0 aliphatic heterocycles. The molecule has 3 aliphatic carbocycles. The second kappa shape index (κ2) is 11.0. The van der Waals surface area contributed by atoms with Crippen LogP contribution in [-0.2, 0) is 10.8 Å². The van der Waals surface area contributed by atoms with E-state index in [0.29, 0.717) is 16.9 Å². The lowest BCUT2D eigenvalue weighted by Crippen LogP contribution is -2.26. The van der Waals surface area contributed by atoms with Crippen molar-refractivity contribution in [2.45, 2.75) is 24.7 Å². The van der Waals surface area contributed by atoms with Crippen molar-refractivity contribution < 1.29 is 20.6 Å². The molecule has 0 amide bonds. The van der Waals surface area contributed by atoms with Crippen LogP contribution in [0.5, 0.6) is 0 Å². The minimum atomic E-state index is -2.47. The molecular formula is C52H37N. The molecule has 250 valence electrons. The molecule has 0 saturated heterocycles. The third-order valence-electron chi connectivity index (χ3n) is 11.1. The highest BCUT2D eigenvalue weighted by molar-refractivity contribution is 5.97. The molecule has 8 aromatic carbocycles. The normalized spacial score (nSPS) is 18.5. The Morgan fingerprint density at radius 3 is 1.64 bits per heavy atom. The summed E-state index contributed by atoms with van der Waals surface area (Å²) < 4.78 is 141. The summed E-state index contributed by atoms with van der Waals surface area (Å²) in [6.45, 7) is 4.23. The number of anilines is 3. The molecule has 0 saturated carbocycles. The molecule has 3 aliphatic rings. The van der Waals surface area contributed by atoms with E-state index in [1.807, 2.05) is 84.9 Å². The fourth-order valence-electron chi connectivity index (χ4n) is 8.82. The monoisotopic (exact) mass is 690 g/mol. The second-order valence-corrected chi connectivity index (χ2v) is 14.1. The molecule has 0 heterocycles. The molecule has 0 atom stereocenters. The largest absolute Gasteiger partial charge is 0.310 e. The smallest absolute Gasteiger partial charge is 0.0726 e. The number of fused-ring (bicyclic) bond motifs is 13. The first kappa shape index (κ1) is 18.9. The van der Waals surface area contributed by atoms with E-state index >= 15 is 0 Å². The molecule has 53 heavy (non-hydrogen) atoms. The second-order valence-electron chi connectivity index (χ2n) is 14.1. The molecule has 0 radical (unpaired) electrons. The van der Waals surface area contributed by atoms with Crippen molar-refractivity contribution in [3.63, 3.8) is 0 Å². The van der Waals surface area contributed by atoms with Gasteiger partial charge in [-0.05, 0) is 103 Å². The Kier molecular flexibility index (Phi) is 3.93. The average Bonchev–Trinajstić information content (AvgIpc) is 3.92. The maximum atomic E-state index is 10.7. The molecule has 0 unspecified atom stereocenters. The number of hydrogen-bond donors (Lipinski definition) is 0. The summed E-state index contributed by atoms with van der Waals surface area (Å²) in [6, 6.07) is 20.8. The van der Waals surface area contributed by atoms with Crippen molar-refractivity contribution in [1.29, 1.82) is 0 Å². The highest BCUT2D eigenvalue weighted by Crippen LogP contribution is 2.63. The van der Waals surface area contributed by atoms with Crippen LogP contribution in [0.25, 0.3) is 44.5 Å². The predicted molar refractivity (Wildman–Crippen MR) is 220 cm³/mol. The molecule has 11 rings (SSSR count). The van der Waals surface area contributed by atoms with Crippen LogP contribution >= 0.6 is 0 Å². The number of hydrogen-bond acceptors (Lipinski definition) is 1. The first-order chi connectivity index (χ1) is 32.3. The summed E-state index contributed by atoms with van der Waals surface area (Å²) in [7, 11) is 0. The average molecular weight is 691 g/mol. The molecule has 1 heteroatoms.